The molecule has 0 spiro atoms. The zero-order valence-corrected chi connectivity index (χ0v) is 15.9. The molecule has 1 fully saturated rings. The van der Waals surface area contributed by atoms with Crippen LogP contribution in [0.4, 0.5) is 0 Å². The Morgan fingerprint density at radius 3 is 2.67 bits per heavy atom. The number of aromatic nitrogens is 2. The van der Waals surface area contributed by atoms with Gasteiger partial charge >= 0.3 is 0 Å². The van der Waals surface area contributed by atoms with Gasteiger partial charge in [0.05, 0.1) is 37.3 Å². The van der Waals surface area contributed by atoms with E-state index in [4.69, 9.17) is 20.4 Å². The van der Waals surface area contributed by atoms with Crippen molar-refractivity contribution in [3.05, 3.63) is 53.6 Å². The molecule has 0 saturated carbocycles. The van der Waals surface area contributed by atoms with Crippen LogP contribution in [0.1, 0.15) is 5.89 Å². The highest BCUT2D eigenvalue weighted by atomic mass is 35.5. The lowest BCUT2D eigenvalue weighted by Crippen LogP contribution is -3.13. The molecule has 2 aromatic heterocycles. The van der Waals surface area contributed by atoms with Crippen molar-refractivity contribution in [3.8, 4) is 11.7 Å². The van der Waals surface area contributed by atoms with Crippen molar-refractivity contribution in [2.24, 2.45) is 0 Å². The van der Waals surface area contributed by atoms with Crippen LogP contribution >= 0.6 is 11.6 Å². The first-order chi connectivity index (χ1) is 13.0. The second kappa shape index (κ2) is 7.43. The second-order valence-electron chi connectivity index (χ2n) is 6.27. The largest absolute Gasteiger partial charge is 0.459 e. The SMILES string of the molecule is O=S(=O)(c1cccc(Cl)c1)N1CC[NH+](Cc2nnc(-c3ccco3)o2)CC1. The van der Waals surface area contributed by atoms with Gasteiger partial charge in [-0.15, -0.1) is 10.2 Å². The summed E-state index contributed by atoms with van der Waals surface area (Å²) in [7, 11) is -3.53. The number of quaternary nitrogens is 1. The number of piperazine rings is 1. The number of nitrogens with one attached hydrogen (secondary N) is 1. The molecule has 0 radical (unpaired) electrons. The van der Waals surface area contributed by atoms with Crippen molar-refractivity contribution in [2.45, 2.75) is 11.4 Å². The molecule has 142 valence electrons. The number of furan rings is 1. The minimum atomic E-state index is -3.53. The average molecular weight is 410 g/mol. The van der Waals surface area contributed by atoms with Crippen molar-refractivity contribution < 1.29 is 22.2 Å². The van der Waals surface area contributed by atoms with Crippen LogP contribution < -0.4 is 4.90 Å². The Kier molecular flexibility index (Phi) is 5.00. The predicted molar refractivity (Wildman–Crippen MR) is 96.6 cm³/mol. The van der Waals surface area contributed by atoms with Crippen LogP contribution in [0.5, 0.6) is 0 Å². The van der Waals surface area contributed by atoms with Gasteiger partial charge in [0, 0.05) is 5.02 Å². The fraction of sp³-hybridized carbons (Fsp3) is 0.294. The van der Waals surface area contributed by atoms with Crippen LogP contribution in [-0.2, 0) is 16.6 Å². The predicted octanol–water partition coefficient (Wildman–Crippen LogP) is 1.07. The number of hydrogen-bond donors (Lipinski definition) is 1. The maximum Gasteiger partial charge on any atom is 0.283 e. The molecular formula is C17H18ClN4O4S+. The number of rotatable bonds is 5. The summed E-state index contributed by atoms with van der Waals surface area (Å²) in [6, 6.07) is 9.85. The van der Waals surface area contributed by atoms with Gasteiger partial charge in [-0.25, -0.2) is 8.42 Å². The molecule has 10 heteroatoms. The molecule has 3 heterocycles. The summed E-state index contributed by atoms with van der Waals surface area (Å²) in [5, 5.41) is 8.44. The number of benzene rings is 1. The number of hydrogen-bond acceptors (Lipinski definition) is 6. The van der Waals surface area contributed by atoms with Gasteiger partial charge < -0.3 is 13.7 Å². The van der Waals surface area contributed by atoms with Crippen molar-refractivity contribution in [3.63, 3.8) is 0 Å². The quantitative estimate of drug-likeness (QED) is 0.677. The van der Waals surface area contributed by atoms with Gasteiger partial charge in [-0.1, -0.05) is 17.7 Å². The zero-order chi connectivity index (χ0) is 18.9. The first-order valence-electron chi connectivity index (χ1n) is 8.48. The topological polar surface area (TPSA) is 93.9 Å². The summed E-state index contributed by atoms with van der Waals surface area (Å²) in [5.74, 6) is 1.38. The molecular weight excluding hydrogens is 392 g/mol. The molecule has 1 aliphatic rings. The van der Waals surface area contributed by atoms with Crippen molar-refractivity contribution in [2.75, 3.05) is 26.2 Å². The van der Waals surface area contributed by atoms with Crippen LogP contribution in [0, 0.1) is 0 Å². The Morgan fingerprint density at radius 2 is 1.96 bits per heavy atom. The van der Waals surface area contributed by atoms with Crippen LogP contribution in [0.15, 0.2) is 56.4 Å². The molecule has 0 aliphatic carbocycles. The van der Waals surface area contributed by atoms with E-state index in [0.717, 1.165) is 0 Å². The summed E-state index contributed by atoms with van der Waals surface area (Å²) in [5.41, 5.74) is 0. The van der Waals surface area contributed by atoms with Crippen LogP contribution in [-0.4, -0.2) is 49.1 Å². The van der Waals surface area contributed by atoms with E-state index >= 15 is 0 Å². The van der Waals surface area contributed by atoms with E-state index in [1.165, 1.54) is 15.3 Å². The maximum absolute atomic E-state index is 12.7. The normalized spacial score (nSPS) is 16.6. The molecule has 0 bridgehead atoms. The molecule has 27 heavy (non-hydrogen) atoms. The van der Waals surface area contributed by atoms with Crippen molar-refractivity contribution >= 4 is 21.6 Å². The lowest BCUT2D eigenvalue weighted by molar-refractivity contribution is -0.918. The highest BCUT2D eigenvalue weighted by Crippen LogP contribution is 2.20. The lowest BCUT2D eigenvalue weighted by Gasteiger charge is -2.30. The van der Waals surface area contributed by atoms with Crippen LogP contribution in [0.2, 0.25) is 5.02 Å². The molecule has 8 nitrogen and oxygen atoms in total. The second-order valence-corrected chi connectivity index (χ2v) is 8.64. The van der Waals surface area contributed by atoms with E-state index in [-0.39, 0.29) is 4.90 Å². The van der Waals surface area contributed by atoms with Crippen LogP contribution in [0.3, 0.4) is 0 Å². The first-order valence-corrected chi connectivity index (χ1v) is 10.3. The van der Waals surface area contributed by atoms with Crippen molar-refractivity contribution in [1.82, 2.24) is 14.5 Å². The fourth-order valence-electron chi connectivity index (χ4n) is 3.03. The van der Waals surface area contributed by atoms with E-state index in [1.807, 2.05) is 0 Å². The smallest absolute Gasteiger partial charge is 0.283 e. The molecule has 1 N–H and O–H groups in total. The molecule has 1 saturated heterocycles. The summed E-state index contributed by atoms with van der Waals surface area (Å²) >= 11 is 5.93. The van der Waals surface area contributed by atoms with Gasteiger partial charge in [-0.3, -0.25) is 0 Å². The van der Waals surface area contributed by atoms with E-state index in [2.05, 4.69) is 10.2 Å². The molecule has 0 amide bonds. The Balaban J connectivity index is 1.38. The summed E-state index contributed by atoms with van der Waals surface area (Å²) in [4.78, 5) is 1.40. The summed E-state index contributed by atoms with van der Waals surface area (Å²) in [6.45, 7) is 2.68. The number of halogens is 1. The lowest BCUT2D eigenvalue weighted by atomic mass is 10.3. The monoisotopic (exact) mass is 409 g/mol. The van der Waals surface area contributed by atoms with E-state index in [1.54, 1.807) is 36.6 Å². The van der Waals surface area contributed by atoms with Crippen LogP contribution in [0.25, 0.3) is 11.7 Å². The Morgan fingerprint density at radius 1 is 1.15 bits per heavy atom. The number of sulfonamides is 1. The third-order valence-electron chi connectivity index (χ3n) is 4.46. The van der Waals surface area contributed by atoms with Gasteiger partial charge in [0.25, 0.3) is 11.8 Å². The molecule has 3 aromatic rings. The van der Waals surface area contributed by atoms with Gasteiger partial charge in [-0.2, -0.15) is 4.31 Å². The third kappa shape index (κ3) is 3.91. The Bertz CT molecular complexity index is 1010. The minimum Gasteiger partial charge on any atom is -0.459 e. The van der Waals surface area contributed by atoms with Gasteiger partial charge in [0.2, 0.25) is 10.0 Å². The third-order valence-corrected chi connectivity index (χ3v) is 6.59. The van der Waals surface area contributed by atoms with Gasteiger partial charge in [0.1, 0.15) is 0 Å². The Labute approximate surface area is 161 Å². The molecule has 0 unspecified atom stereocenters. The molecule has 0 atom stereocenters. The molecule has 1 aromatic carbocycles. The summed E-state index contributed by atoms with van der Waals surface area (Å²) < 4.78 is 37.8. The highest BCUT2D eigenvalue weighted by molar-refractivity contribution is 7.89. The molecule has 4 rings (SSSR count). The van der Waals surface area contributed by atoms with Crippen molar-refractivity contribution in [1.29, 1.82) is 0 Å². The van der Waals surface area contributed by atoms with Gasteiger partial charge in [-0.05, 0) is 30.3 Å². The molecule has 1 aliphatic heterocycles. The first kappa shape index (κ1) is 18.2. The average Bonchev–Trinajstić information content (AvgIpc) is 3.34. The minimum absolute atomic E-state index is 0.221. The fourth-order valence-corrected chi connectivity index (χ4v) is 4.78. The zero-order valence-electron chi connectivity index (χ0n) is 14.3. The standard InChI is InChI=1S/C17H17ClN4O4S/c18-13-3-1-4-14(11-13)27(23,24)22-8-6-21(7-9-22)12-16-19-20-17(26-16)15-5-2-10-25-15/h1-5,10-11H,6-9,12H2/p+1. The van der Waals surface area contributed by atoms with E-state index < -0.39 is 10.0 Å². The van der Waals surface area contributed by atoms with E-state index in [9.17, 15) is 8.42 Å². The Hall–Kier alpha value is -2.20. The maximum atomic E-state index is 12.7. The van der Waals surface area contributed by atoms with E-state index in [0.29, 0.717) is 55.3 Å². The highest BCUT2D eigenvalue weighted by Gasteiger charge is 2.31. The number of nitrogens with zero attached hydrogens (tertiary/aromatic N) is 3. The summed E-state index contributed by atoms with van der Waals surface area (Å²) in [6.07, 6.45) is 1.55. The van der Waals surface area contributed by atoms with Gasteiger partial charge in [0.15, 0.2) is 12.3 Å².